The second kappa shape index (κ2) is 8.06. The van der Waals surface area contributed by atoms with Crippen molar-refractivity contribution in [3.05, 3.63) is 27.8 Å². The van der Waals surface area contributed by atoms with E-state index in [2.05, 4.69) is 37.5 Å². The maximum absolute atomic E-state index is 12.2. The number of carboxylic acid groups (broad SMARTS) is 1. The molecule has 4 heterocycles. The third-order valence-electron chi connectivity index (χ3n) is 6.46. The van der Waals surface area contributed by atoms with Gasteiger partial charge in [0.15, 0.2) is 4.34 Å². The minimum absolute atomic E-state index is 0.0564. The van der Waals surface area contributed by atoms with Crippen molar-refractivity contribution in [1.82, 2.24) is 15.2 Å². The number of fused-ring (bicyclic) bond motifs is 1. The lowest BCUT2D eigenvalue weighted by molar-refractivity contribution is -0.141. The number of nitrogens with zero attached hydrogens (tertiary/aromatic N) is 2. The number of aliphatic hydroxyl groups excluding tert-OH is 1. The molecule has 1 aromatic rings. The molecular weight excluding hydrogens is 406 g/mol. The Balaban J connectivity index is 1.60. The van der Waals surface area contributed by atoms with Gasteiger partial charge in [0.1, 0.15) is 5.70 Å². The first-order valence-electron chi connectivity index (χ1n) is 10.3. The van der Waals surface area contributed by atoms with E-state index in [1.165, 1.54) is 17.3 Å². The van der Waals surface area contributed by atoms with Crippen molar-refractivity contribution < 1.29 is 15.0 Å². The molecule has 6 atom stereocenters. The van der Waals surface area contributed by atoms with Gasteiger partial charge >= 0.3 is 5.97 Å². The molecule has 4 rings (SSSR count). The molecule has 0 aliphatic carbocycles. The molecule has 0 aromatic carbocycles. The standard InChI is InChI=1S/C21H29N3O3S2/c1-5-15-16(12(4)25)17-11(3)19(18(20(26)27)24(15)17)29-21-23-14(9-28-21)13-6-7-22-10(2)8-13/h6,9-12,15-17,22,25H,5,7-8H2,1-4H3,(H,26,27). The van der Waals surface area contributed by atoms with E-state index in [4.69, 9.17) is 4.98 Å². The van der Waals surface area contributed by atoms with E-state index in [0.29, 0.717) is 11.7 Å². The molecule has 0 radical (unpaired) electrons. The SMILES string of the molecule is CCC1C(C(C)O)C2C(C)C(Sc3nc(C4=CCNC(C)C4)cs3)=C(C(=O)O)N12. The minimum Gasteiger partial charge on any atom is -0.477 e. The van der Waals surface area contributed by atoms with Gasteiger partial charge in [-0.25, -0.2) is 9.78 Å². The summed E-state index contributed by atoms with van der Waals surface area (Å²) in [6.45, 7) is 9.00. The molecule has 3 aliphatic heterocycles. The van der Waals surface area contributed by atoms with Crippen LogP contribution in [0.4, 0.5) is 0 Å². The Bertz CT molecular complexity index is 863. The van der Waals surface area contributed by atoms with Crippen LogP contribution in [0.1, 0.15) is 46.2 Å². The van der Waals surface area contributed by atoms with Gasteiger partial charge < -0.3 is 20.4 Å². The highest BCUT2D eigenvalue weighted by Gasteiger charge is 2.59. The van der Waals surface area contributed by atoms with E-state index >= 15 is 0 Å². The van der Waals surface area contributed by atoms with Crippen LogP contribution in [0, 0.1) is 11.8 Å². The van der Waals surface area contributed by atoms with Gasteiger partial charge in [0.2, 0.25) is 0 Å². The maximum atomic E-state index is 12.2. The number of aliphatic carboxylic acids is 1. The van der Waals surface area contributed by atoms with Crippen LogP contribution in [0.25, 0.3) is 5.57 Å². The number of hydrogen-bond acceptors (Lipinski definition) is 7. The molecule has 6 unspecified atom stereocenters. The fourth-order valence-corrected chi connectivity index (χ4v) is 7.28. The van der Waals surface area contributed by atoms with Crippen molar-refractivity contribution in [3.8, 4) is 0 Å². The Morgan fingerprint density at radius 1 is 1.48 bits per heavy atom. The molecule has 0 saturated carbocycles. The molecule has 0 spiro atoms. The van der Waals surface area contributed by atoms with E-state index in [0.717, 1.165) is 34.3 Å². The minimum atomic E-state index is -0.879. The second-order valence-electron chi connectivity index (χ2n) is 8.34. The van der Waals surface area contributed by atoms with Crippen molar-refractivity contribution in [1.29, 1.82) is 0 Å². The number of nitrogens with one attached hydrogen (secondary N) is 1. The zero-order valence-electron chi connectivity index (χ0n) is 17.3. The molecule has 1 fully saturated rings. The monoisotopic (exact) mass is 435 g/mol. The fourth-order valence-electron chi connectivity index (χ4n) is 5.16. The summed E-state index contributed by atoms with van der Waals surface area (Å²) in [6, 6.07) is 0.580. The third kappa shape index (κ3) is 3.54. The largest absolute Gasteiger partial charge is 0.477 e. The van der Waals surface area contributed by atoms with Gasteiger partial charge in [-0.3, -0.25) is 0 Å². The van der Waals surface area contributed by atoms with Crippen molar-refractivity contribution in [2.24, 2.45) is 11.8 Å². The van der Waals surface area contributed by atoms with Crippen LogP contribution >= 0.6 is 23.1 Å². The van der Waals surface area contributed by atoms with E-state index < -0.39 is 12.1 Å². The van der Waals surface area contributed by atoms with Crippen LogP contribution in [0.15, 0.2) is 26.4 Å². The third-order valence-corrected chi connectivity index (χ3v) is 8.69. The molecule has 3 aliphatic rings. The van der Waals surface area contributed by atoms with E-state index in [9.17, 15) is 15.0 Å². The average molecular weight is 436 g/mol. The molecular formula is C21H29N3O3S2. The number of rotatable bonds is 6. The Morgan fingerprint density at radius 3 is 2.86 bits per heavy atom. The van der Waals surface area contributed by atoms with Gasteiger partial charge in [-0.05, 0) is 32.3 Å². The molecule has 158 valence electrons. The number of carboxylic acids is 1. The normalized spacial score (nSPS) is 32.7. The van der Waals surface area contributed by atoms with E-state index in [-0.39, 0.29) is 23.9 Å². The molecule has 8 heteroatoms. The van der Waals surface area contributed by atoms with Gasteiger partial charge in [-0.15, -0.1) is 11.3 Å². The molecule has 3 N–H and O–H groups in total. The first-order chi connectivity index (χ1) is 13.8. The highest BCUT2D eigenvalue weighted by molar-refractivity contribution is 8.04. The first-order valence-corrected chi connectivity index (χ1v) is 12.0. The second-order valence-corrected chi connectivity index (χ2v) is 10.5. The molecule has 0 bridgehead atoms. The predicted octanol–water partition coefficient (Wildman–Crippen LogP) is 3.41. The van der Waals surface area contributed by atoms with Crippen LogP contribution in [0.2, 0.25) is 0 Å². The van der Waals surface area contributed by atoms with E-state index in [1.807, 2.05) is 11.8 Å². The Kier molecular flexibility index (Phi) is 5.81. The molecule has 1 aromatic heterocycles. The van der Waals surface area contributed by atoms with Crippen LogP contribution in [0.3, 0.4) is 0 Å². The summed E-state index contributed by atoms with van der Waals surface area (Å²) < 4.78 is 0.886. The molecule has 0 amide bonds. The zero-order chi connectivity index (χ0) is 20.9. The summed E-state index contributed by atoms with van der Waals surface area (Å²) >= 11 is 3.07. The van der Waals surface area contributed by atoms with Gasteiger partial charge in [-0.2, -0.15) is 0 Å². The summed E-state index contributed by atoms with van der Waals surface area (Å²) in [5, 5.41) is 25.7. The Labute approximate surface area is 180 Å². The number of hydrogen-bond donors (Lipinski definition) is 3. The van der Waals surface area contributed by atoms with Gasteiger partial charge in [-0.1, -0.05) is 31.7 Å². The molecule has 1 saturated heterocycles. The predicted molar refractivity (Wildman–Crippen MR) is 117 cm³/mol. The van der Waals surface area contributed by atoms with E-state index in [1.54, 1.807) is 11.3 Å². The number of thiazole rings is 1. The quantitative estimate of drug-likeness (QED) is 0.631. The van der Waals surface area contributed by atoms with Crippen LogP contribution in [-0.4, -0.2) is 56.8 Å². The van der Waals surface area contributed by atoms with Gasteiger partial charge in [0.05, 0.1) is 11.8 Å². The lowest BCUT2D eigenvalue weighted by atomic mass is 9.72. The summed E-state index contributed by atoms with van der Waals surface area (Å²) in [5.74, 6) is -0.703. The molecule has 6 nitrogen and oxygen atoms in total. The number of carbonyl (C=O) groups is 1. The summed E-state index contributed by atoms with van der Waals surface area (Å²) in [7, 11) is 0. The fraction of sp³-hybridized carbons (Fsp3) is 0.619. The number of aromatic nitrogens is 1. The Hall–Kier alpha value is -1.35. The lowest BCUT2D eigenvalue weighted by Crippen LogP contribution is -2.66. The summed E-state index contributed by atoms with van der Waals surface area (Å²) in [6.07, 6.45) is 3.53. The van der Waals surface area contributed by atoms with Crippen LogP contribution in [-0.2, 0) is 4.79 Å². The van der Waals surface area contributed by atoms with Crippen molar-refractivity contribution in [2.75, 3.05) is 6.54 Å². The van der Waals surface area contributed by atoms with Crippen LogP contribution < -0.4 is 5.32 Å². The number of thioether (sulfide) groups is 1. The highest BCUT2D eigenvalue weighted by atomic mass is 32.2. The first kappa shape index (κ1) is 20.9. The molecule has 29 heavy (non-hydrogen) atoms. The van der Waals surface area contributed by atoms with Crippen LogP contribution in [0.5, 0.6) is 0 Å². The zero-order valence-corrected chi connectivity index (χ0v) is 18.9. The van der Waals surface area contributed by atoms with Crippen molar-refractivity contribution in [2.45, 2.75) is 69.1 Å². The Morgan fingerprint density at radius 2 is 2.24 bits per heavy atom. The highest BCUT2D eigenvalue weighted by Crippen LogP contribution is 2.55. The topological polar surface area (TPSA) is 85.7 Å². The summed E-state index contributed by atoms with van der Waals surface area (Å²) in [5.41, 5.74) is 2.67. The lowest BCUT2D eigenvalue weighted by Gasteiger charge is -2.56. The number of aliphatic hydroxyl groups is 1. The van der Waals surface area contributed by atoms with Gasteiger partial charge in [0, 0.05) is 46.8 Å². The maximum Gasteiger partial charge on any atom is 0.353 e. The summed E-state index contributed by atoms with van der Waals surface area (Å²) in [4.78, 5) is 19.9. The van der Waals surface area contributed by atoms with Crippen molar-refractivity contribution in [3.63, 3.8) is 0 Å². The van der Waals surface area contributed by atoms with Crippen molar-refractivity contribution >= 4 is 34.6 Å². The smallest absolute Gasteiger partial charge is 0.353 e. The average Bonchev–Trinajstić information content (AvgIpc) is 3.19. The van der Waals surface area contributed by atoms with Gasteiger partial charge in [0.25, 0.3) is 0 Å².